The lowest BCUT2D eigenvalue weighted by Gasteiger charge is -2.21. The molecule has 3 rings (SSSR count). The van der Waals surface area contributed by atoms with Crippen molar-refractivity contribution in [2.24, 2.45) is 0 Å². The van der Waals surface area contributed by atoms with Crippen LogP contribution in [0, 0.1) is 0 Å². The fourth-order valence-corrected chi connectivity index (χ4v) is 3.00. The van der Waals surface area contributed by atoms with Gasteiger partial charge >= 0.3 is 0 Å². The first-order valence-electron chi connectivity index (χ1n) is 8.13. The molecule has 1 heterocycles. The first-order chi connectivity index (χ1) is 12.2. The SMILES string of the molecule is CC(C)(C)c1cc(Cl)c(NC(=O)c2c[nH]c3ccccc3c2=O)cc1O. The average Bonchev–Trinajstić information content (AvgIpc) is 2.57. The third-order valence-electron chi connectivity index (χ3n) is 4.17. The van der Waals surface area contributed by atoms with E-state index in [1.54, 1.807) is 30.3 Å². The third-order valence-corrected chi connectivity index (χ3v) is 4.49. The first-order valence-corrected chi connectivity index (χ1v) is 8.51. The predicted octanol–water partition coefficient (Wildman–Crippen LogP) is 4.44. The fourth-order valence-electron chi connectivity index (χ4n) is 2.78. The molecular weight excluding hydrogens is 352 g/mol. The van der Waals surface area contributed by atoms with Gasteiger partial charge in [-0.1, -0.05) is 44.5 Å². The van der Waals surface area contributed by atoms with E-state index in [0.29, 0.717) is 21.5 Å². The van der Waals surface area contributed by atoms with Gasteiger partial charge in [0, 0.05) is 28.7 Å². The Bertz CT molecular complexity index is 1060. The molecule has 0 bridgehead atoms. The molecule has 0 saturated carbocycles. The largest absolute Gasteiger partial charge is 0.508 e. The molecule has 0 spiro atoms. The molecule has 1 amide bonds. The van der Waals surface area contributed by atoms with Crippen LogP contribution in [0.4, 0.5) is 5.69 Å². The summed E-state index contributed by atoms with van der Waals surface area (Å²) in [5.74, 6) is -0.563. The summed E-state index contributed by atoms with van der Waals surface area (Å²) in [4.78, 5) is 28.0. The average molecular weight is 371 g/mol. The number of phenolic OH excluding ortho intramolecular Hbond substituents is 1. The fraction of sp³-hybridized carbons (Fsp3) is 0.200. The number of para-hydroxylation sites is 1. The van der Waals surface area contributed by atoms with Gasteiger partial charge in [-0.25, -0.2) is 0 Å². The van der Waals surface area contributed by atoms with Crippen molar-refractivity contribution < 1.29 is 9.90 Å². The summed E-state index contributed by atoms with van der Waals surface area (Å²) >= 11 is 6.26. The van der Waals surface area contributed by atoms with E-state index in [9.17, 15) is 14.7 Å². The normalized spacial score (nSPS) is 11.5. The highest BCUT2D eigenvalue weighted by atomic mass is 35.5. The molecule has 26 heavy (non-hydrogen) atoms. The number of rotatable bonds is 2. The van der Waals surface area contributed by atoms with E-state index in [-0.39, 0.29) is 27.8 Å². The zero-order valence-electron chi connectivity index (χ0n) is 14.7. The second-order valence-electron chi connectivity index (χ2n) is 7.13. The molecule has 3 N–H and O–H groups in total. The maximum atomic E-state index is 12.6. The minimum atomic E-state index is -0.596. The summed E-state index contributed by atoms with van der Waals surface area (Å²) in [6, 6.07) is 9.98. The van der Waals surface area contributed by atoms with Crippen molar-refractivity contribution in [3.8, 4) is 5.75 Å². The number of hydrogen-bond acceptors (Lipinski definition) is 3. The standard InChI is InChI=1S/C20H19ClN2O3/c1-20(2,3)13-8-14(21)16(9-17(13)24)23-19(26)12-10-22-15-7-5-4-6-11(15)18(12)25/h4-10,24H,1-3H3,(H,22,25)(H,23,26). The number of carbonyl (C=O) groups excluding carboxylic acids is 1. The Kier molecular flexibility index (Phi) is 4.50. The molecule has 0 aliphatic heterocycles. The number of aromatic hydroxyl groups is 1. The number of phenols is 1. The van der Waals surface area contributed by atoms with Gasteiger partial charge in [0.1, 0.15) is 11.3 Å². The Morgan fingerprint density at radius 2 is 1.88 bits per heavy atom. The summed E-state index contributed by atoms with van der Waals surface area (Å²) in [5.41, 5.74) is 0.867. The number of benzene rings is 2. The smallest absolute Gasteiger partial charge is 0.261 e. The van der Waals surface area contributed by atoms with Crippen molar-refractivity contribution >= 4 is 34.1 Å². The molecule has 6 heteroatoms. The number of nitrogens with one attached hydrogen (secondary N) is 2. The molecule has 0 atom stereocenters. The van der Waals surface area contributed by atoms with Crippen LogP contribution in [0.2, 0.25) is 5.02 Å². The van der Waals surface area contributed by atoms with Gasteiger partial charge in [0.05, 0.1) is 10.7 Å². The summed E-state index contributed by atoms with van der Waals surface area (Å²) in [6.07, 6.45) is 1.37. The van der Waals surface area contributed by atoms with E-state index in [0.717, 1.165) is 0 Å². The lowest BCUT2D eigenvalue weighted by molar-refractivity contribution is 0.102. The topological polar surface area (TPSA) is 82.2 Å². The minimum absolute atomic E-state index is 0.0286. The molecule has 3 aromatic rings. The summed E-state index contributed by atoms with van der Waals surface area (Å²) in [6.45, 7) is 5.85. The Balaban J connectivity index is 1.98. The van der Waals surface area contributed by atoms with Crippen LogP contribution in [0.15, 0.2) is 47.4 Å². The number of carbonyl (C=O) groups is 1. The molecule has 0 radical (unpaired) electrons. The number of amides is 1. The molecule has 134 valence electrons. The second kappa shape index (κ2) is 6.50. The van der Waals surface area contributed by atoms with Crippen LogP contribution in [0.1, 0.15) is 36.7 Å². The Morgan fingerprint density at radius 1 is 1.19 bits per heavy atom. The van der Waals surface area contributed by atoms with Gasteiger partial charge in [0.15, 0.2) is 0 Å². The molecule has 5 nitrogen and oxygen atoms in total. The number of aromatic amines is 1. The van der Waals surface area contributed by atoms with Gasteiger partial charge < -0.3 is 15.4 Å². The highest BCUT2D eigenvalue weighted by Crippen LogP contribution is 2.37. The van der Waals surface area contributed by atoms with Crippen molar-refractivity contribution in [1.29, 1.82) is 0 Å². The Hall–Kier alpha value is -2.79. The molecule has 2 aromatic carbocycles. The van der Waals surface area contributed by atoms with Crippen LogP contribution in [-0.4, -0.2) is 16.0 Å². The molecule has 0 aliphatic carbocycles. The number of hydrogen-bond donors (Lipinski definition) is 3. The van der Waals surface area contributed by atoms with E-state index in [1.807, 2.05) is 20.8 Å². The molecule has 1 aromatic heterocycles. The molecule has 0 fully saturated rings. The van der Waals surface area contributed by atoms with E-state index in [1.165, 1.54) is 12.3 Å². The van der Waals surface area contributed by atoms with E-state index in [2.05, 4.69) is 10.3 Å². The van der Waals surface area contributed by atoms with Crippen molar-refractivity contribution in [3.63, 3.8) is 0 Å². The van der Waals surface area contributed by atoms with Crippen molar-refractivity contribution in [2.45, 2.75) is 26.2 Å². The predicted molar refractivity (Wildman–Crippen MR) is 104 cm³/mol. The van der Waals surface area contributed by atoms with E-state index < -0.39 is 5.91 Å². The number of halogens is 1. The van der Waals surface area contributed by atoms with Gasteiger partial charge in [0.2, 0.25) is 5.43 Å². The Morgan fingerprint density at radius 3 is 2.58 bits per heavy atom. The number of anilines is 1. The third kappa shape index (κ3) is 3.30. The van der Waals surface area contributed by atoms with Crippen LogP contribution in [0.5, 0.6) is 5.75 Å². The van der Waals surface area contributed by atoms with Gasteiger partial charge in [0.25, 0.3) is 5.91 Å². The summed E-state index contributed by atoms with van der Waals surface area (Å²) < 4.78 is 0. The number of aromatic nitrogens is 1. The van der Waals surface area contributed by atoms with Gasteiger partial charge in [-0.15, -0.1) is 0 Å². The van der Waals surface area contributed by atoms with Crippen LogP contribution in [-0.2, 0) is 5.41 Å². The maximum Gasteiger partial charge on any atom is 0.261 e. The van der Waals surface area contributed by atoms with Crippen LogP contribution < -0.4 is 10.7 Å². The molecule has 0 unspecified atom stereocenters. The monoisotopic (exact) mass is 370 g/mol. The van der Waals surface area contributed by atoms with Gasteiger partial charge in [-0.2, -0.15) is 0 Å². The zero-order chi connectivity index (χ0) is 19.1. The summed E-state index contributed by atoms with van der Waals surface area (Å²) in [5, 5.41) is 13.6. The van der Waals surface area contributed by atoms with Crippen LogP contribution in [0.3, 0.4) is 0 Å². The van der Waals surface area contributed by atoms with Gasteiger partial charge in [-0.05, 0) is 23.6 Å². The lowest BCUT2D eigenvalue weighted by atomic mass is 9.86. The zero-order valence-corrected chi connectivity index (χ0v) is 15.4. The molecule has 0 saturated heterocycles. The first kappa shape index (κ1) is 18.0. The van der Waals surface area contributed by atoms with Crippen LogP contribution in [0.25, 0.3) is 10.9 Å². The van der Waals surface area contributed by atoms with E-state index in [4.69, 9.17) is 11.6 Å². The highest BCUT2D eigenvalue weighted by Gasteiger charge is 2.21. The minimum Gasteiger partial charge on any atom is -0.508 e. The number of fused-ring (bicyclic) bond motifs is 1. The van der Waals surface area contributed by atoms with Gasteiger partial charge in [-0.3, -0.25) is 9.59 Å². The lowest BCUT2D eigenvalue weighted by Crippen LogP contribution is -2.22. The Labute approximate surface area is 155 Å². The number of H-pyrrole nitrogens is 1. The quantitative estimate of drug-likeness (QED) is 0.623. The van der Waals surface area contributed by atoms with E-state index >= 15 is 0 Å². The second-order valence-corrected chi connectivity index (χ2v) is 7.54. The van der Waals surface area contributed by atoms with Crippen molar-refractivity contribution in [3.05, 3.63) is 69.0 Å². The van der Waals surface area contributed by atoms with Crippen molar-refractivity contribution in [2.75, 3.05) is 5.32 Å². The summed E-state index contributed by atoms with van der Waals surface area (Å²) in [7, 11) is 0. The molecule has 0 aliphatic rings. The molecular formula is C20H19ClN2O3. The number of pyridine rings is 1. The van der Waals surface area contributed by atoms with Crippen molar-refractivity contribution in [1.82, 2.24) is 4.98 Å². The maximum absolute atomic E-state index is 12.6. The van der Waals surface area contributed by atoms with Crippen LogP contribution >= 0.6 is 11.6 Å². The highest BCUT2D eigenvalue weighted by molar-refractivity contribution is 6.34.